The summed E-state index contributed by atoms with van der Waals surface area (Å²) in [5, 5.41) is 3.04. The van der Waals surface area contributed by atoms with E-state index in [2.05, 4.69) is 5.32 Å². The Balaban J connectivity index is 3.04. The van der Waals surface area contributed by atoms with Crippen molar-refractivity contribution in [2.24, 2.45) is 0 Å². The van der Waals surface area contributed by atoms with Gasteiger partial charge in [-0.25, -0.2) is 4.39 Å². The van der Waals surface area contributed by atoms with Crippen LogP contribution in [0.1, 0.15) is 16.7 Å². The molecule has 1 aromatic rings. The van der Waals surface area contributed by atoms with Crippen LogP contribution in [0, 0.1) is 19.7 Å². The van der Waals surface area contributed by atoms with Gasteiger partial charge in [0.05, 0.1) is 0 Å². The van der Waals surface area contributed by atoms with Crippen LogP contribution in [0.5, 0.6) is 0 Å². The maximum atomic E-state index is 13.1. The Morgan fingerprint density at radius 1 is 1.25 bits per heavy atom. The van der Waals surface area contributed by atoms with Gasteiger partial charge in [0.25, 0.3) is 0 Å². The van der Waals surface area contributed by atoms with Crippen molar-refractivity contribution >= 4 is 0 Å². The summed E-state index contributed by atoms with van der Waals surface area (Å²) in [7, 11) is 1.88. The lowest BCUT2D eigenvalue weighted by molar-refractivity contribution is 0.607. The molecule has 2 heteroatoms. The fourth-order valence-electron chi connectivity index (χ4n) is 1.34. The normalized spacial score (nSPS) is 10.3. The summed E-state index contributed by atoms with van der Waals surface area (Å²) >= 11 is 0. The van der Waals surface area contributed by atoms with E-state index in [0.717, 1.165) is 23.2 Å². The second-order valence-electron chi connectivity index (χ2n) is 3.07. The van der Waals surface area contributed by atoms with E-state index in [4.69, 9.17) is 0 Å². The lowest BCUT2D eigenvalue weighted by Crippen LogP contribution is -2.06. The largest absolute Gasteiger partial charge is 0.316 e. The number of rotatable bonds is 2. The first-order valence-electron chi connectivity index (χ1n) is 4.05. The minimum absolute atomic E-state index is 0.0881. The third kappa shape index (κ3) is 1.83. The Morgan fingerprint density at radius 2 is 1.75 bits per heavy atom. The Morgan fingerprint density at radius 3 is 2.17 bits per heavy atom. The van der Waals surface area contributed by atoms with Crippen LogP contribution < -0.4 is 5.32 Å². The van der Waals surface area contributed by atoms with Gasteiger partial charge in [-0.1, -0.05) is 12.1 Å². The summed E-state index contributed by atoms with van der Waals surface area (Å²) < 4.78 is 13.1. The van der Waals surface area contributed by atoms with E-state index in [-0.39, 0.29) is 5.82 Å². The van der Waals surface area contributed by atoms with E-state index in [0.29, 0.717) is 0 Å². The molecule has 0 atom stereocenters. The van der Waals surface area contributed by atoms with Crippen LogP contribution in [-0.2, 0) is 6.54 Å². The van der Waals surface area contributed by atoms with Gasteiger partial charge in [-0.05, 0) is 37.6 Å². The number of benzene rings is 1. The summed E-state index contributed by atoms with van der Waals surface area (Å²) in [5.41, 5.74) is 2.58. The van der Waals surface area contributed by atoms with Crippen molar-refractivity contribution in [1.82, 2.24) is 5.32 Å². The van der Waals surface area contributed by atoms with Crippen LogP contribution in [0.15, 0.2) is 12.1 Å². The summed E-state index contributed by atoms with van der Waals surface area (Å²) in [6.07, 6.45) is 0. The van der Waals surface area contributed by atoms with Gasteiger partial charge in [-0.2, -0.15) is 0 Å². The average Bonchev–Trinajstić information content (AvgIpc) is 2.01. The van der Waals surface area contributed by atoms with E-state index in [9.17, 15) is 4.39 Å². The highest BCUT2D eigenvalue weighted by Gasteiger charge is 2.02. The van der Waals surface area contributed by atoms with E-state index in [1.165, 1.54) is 0 Å². The van der Waals surface area contributed by atoms with Gasteiger partial charge in [0, 0.05) is 6.54 Å². The summed E-state index contributed by atoms with van der Waals surface area (Å²) in [5.74, 6) is -0.0881. The molecule has 0 fully saturated rings. The van der Waals surface area contributed by atoms with Crippen molar-refractivity contribution in [3.63, 3.8) is 0 Å². The second-order valence-corrected chi connectivity index (χ2v) is 3.07. The van der Waals surface area contributed by atoms with Crippen LogP contribution in [0.25, 0.3) is 0 Å². The van der Waals surface area contributed by atoms with E-state index < -0.39 is 0 Å². The van der Waals surface area contributed by atoms with Gasteiger partial charge in [0.1, 0.15) is 5.82 Å². The van der Waals surface area contributed by atoms with Gasteiger partial charge in [-0.15, -0.1) is 0 Å². The molecule has 1 rings (SSSR count). The Bertz CT molecular complexity index is 258. The molecule has 1 aromatic carbocycles. The first-order valence-corrected chi connectivity index (χ1v) is 4.05. The molecule has 0 radical (unpaired) electrons. The van der Waals surface area contributed by atoms with Crippen molar-refractivity contribution in [3.05, 3.63) is 34.6 Å². The number of halogens is 1. The fraction of sp³-hybridized carbons (Fsp3) is 0.400. The quantitative estimate of drug-likeness (QED) is 0.711. The molecule has 0 saturated heterocycles. The molecule has 66 valence electrons. The van der Waals surface area contributed by atoms with E-state index >= 15 is 0 Å². The van der Waals surface area contributed by atoms with Crippen LogP contribution in [0.4, 0.5) is 4.39 Å². The maximum absolute atomic E-state index is 13.1. The molecule has 0 bridgehead atoms. The molecule has 0 aliphatic heterocycles. The van der Waals surface area contributed by atoms with Crippen molar-refractivity contribution in [1.29, 1.82) is 0 Å². The number of nitrogens with one attached hydrogen (secondary N) is 1. The summed E-state index contributed by atoms with van der Waals surface area (Å²) in [6.45, 7) is 4.38. The molecule has 0 aliphatic carbocycles. The topological polar surface area (TPSA) is 12.0 Å². The molecule has 0 saturated carbocycles. The molecule has 0 spiro atoms. The van der Waals surface area contributed by atoms with Crippen LogP contribution >= 0.6 is 0 Å². The Labute approximate surface area is 72.6 Å². The monoisotopic (exact) mass is 167 g/mol. The van der Waals surface area contributed by atoms with Crippen molar-refractivity contribution < 1.29 is 4.39 Å². The Kier molecular flexibility index (Phi) is 2.82. The molecular formula is C10H14FN. The van der Waals surface area contributed by atoms with Gasteiger partial charge < -0.3 is 5.32 Å². The number of hydrogen-bond donors (Lipinski definition) is 1. The molecule has 0 aliphatic rings. The molecule has 0 heterocycles. The molecule has 0 aromatic heterocycles. The van der Waals surface area contributed by atoms with Crippen LogP contribution in [0.2, 0.25) is 0 Å². The highest BCUT2D eigenvalue weighted by Crippen LogP contribution is 2.14. The molecule has 0 amide bonds. The highest BCUT2D eigenvalue weighted by molar-refractivity contribution is 5.30. The highest BCUT2D eigenvalue weighted by atomic mass is 19.1. The van der Waals surface area contributed by atoms with Gasteiger partial charge in [0.15, 0.2) is 0 Å². The zero-order valence-electron chi connectivity index (χ0n) is 7.74. The molecule has 1 nitrogen and oxygen atoms in total. The van der Waals surface area contributed by atoms with Crippen molar-refractivity contribution in [2.45, 2.75) is 20.4 Å². The third-order valence-electron chi connectivity index (χ3n) is 1.88. The minimum Gasteiger partial charge on any atom is -0.316 e. The standard InChI is InChI=1S/C10H14FN/c1-7-4-9(6-12-3)5-8(2)10(7)11/h4-5,12H,6H2,1-3H3. The lowest BCUT2D eigenvalue weighted by atomic mass is 10.1. The third-order valence-corrected chi connectivity index (χ3v) is 1.88. The van der Waals surface area contributed by atoms with Crippen molar-refractivity contribution in [2.75, 3.05) is 7.05 Å². The average molecular weight is 167 g/mol. The smallest absolute Gasteiger partial charge is 0.129 e. The predicted octanol–water partition coefficient (Wildman–Crippen LogP) is 2.16. The Hall–Kier alpha value is -0.890. The van der Waals surface area contributed by atoms with E-state index in [1.807, 2.05) is 19.2 Å². The zero-order valence-corrected chi connectivity index (χ0v) is 7.74. The van der Waals surface area contributed by atoms with E-state index in [1.54, 1.807) is 13.8 Å². The van der Waals surface area contributed by atoms with Crippen LogP contribution in [0.3, 0.4) is 0 Å². The van der Waals surface area contributed by atoms with Gasteiger partial charge in [-0.3, -0.25) is 0 Å². The summed E-state index contributed by atoms with van der Waals surface area (Å²) in [6, 6.07) is 3.75. The predicted molar refractivity (Wildman–Crippen MR) is 48.6 cm³/mol. The van der Waals surface area contributed by atoms with Crippen molar-refractivity contribution in [3.8, 4) is 0 Å². The lowest BCUT2D eigenvalue weighted by Gasteiger charge is -2.05. The fourth-order valence-corrected chi connectivity index (χ4v) is 1.34. The molecule has 12 heavy (non-hydrogen) atoms. The maximum Gasteiger partial charge on any atom is 0.129 e. The molecular weight excluding hydrogens is 153 g/mol. The van der Waals surface area contributed by atoms with Gasteiger partial charge in [0.2, 0.25) is 0 Å². The minimum atomic E-state index is -0.0881. The SMILES string of the molecule is CNCc1cc(C)c(F)c(C)c1. The summed E-state index contributed by atoms with van der Waals surface area (Å²) in [4.78, 5) is 0. The van der Waals surface area contributed by atoms with Gasteiger partial charge >= 0.3 is 0 Å². The zero-order chi connectivity index (χ0) is 9.14. The molecule has 1 N–H and O–H groups in total. The first-order chi connectivity index (χ1) is 5.65. The molecule has 0 unspecified atom stereocenters. The van der Waals surface area contributed by atoms with Crippen LogP contribution in [-0.4, -0.2) is 7.05 Å². The number of hydrogen-bond acceptors (Lipinski definition) is 1. The number of aryl methyl sites for hydroxylation is 2. The second kappa shape index (κ2) is 3.68. The first kappa shape index (κ1) is 9.20.